The van der Waals surface area contributed by atoms with Crippen LogP contribution in [0, 0.1) is 0 Å². The van der Waals surface area contributed by atoms with Crippen molar-refractivity contribution < 1.29 is 26.7 Å². The second kappa shape index (κ2) is 8.97. The Bertz CT molecular complexity index is 1110. The number of rotatable bonds is 5. The van der Waals surface area contributed by atoms with Crippen molar-refractivity contribution in [1.29, 1.82) is 0 Å². The van der Waals surface area contributed by atoms with E-state index in [1.165, 1.54) is 6.07 Å². The maximum atomic E-state index is 13.5. The zero-order chi connectivity index (χ0) is 22.9. The van der Waals surface area contributed by atoms with Crippen LogP contribution in [0.15, 0.2) is 53.7 Å². The molecule has 0 saturated carbocycles. The molecule has 0 bridgehead atoms. The van der Waals surface area contributed by atoms with Gasteiger partial charge in [-0.05, 0) is 30.3 Å². The van der Waals surface area contributed by atoms with Gasteiger partial charge >= 0.3 is 12.7 Å². The number of hydrogen-bond acceptors (Lipinski definition) is 4. The normalized spacial score (nSPS) is 15.1. The van der Waals surface area contributed by atoms with E-state index in [0.717, 1.165) is 28.5 Å². The summed E-state index contributed by atoms with van der Waals surface area (Å²) in [6.45, 7) is -1.35. The first-order valence-electron chi connectivity index (χ1n) is 9.82. The number of piperazine rings is 1. The van der Waals surface area contributed by atoms with Crippen molar-refractivity contribution in [2.24, 2.45) is 0 Å². The van der Waals surface area contributed by atoms with E-state index in [2.05, 4.69) is 4.98 Å². The van der Waals surface area contributed by atoms with Gasteiger partial charge in [-0.25, -0.2) is 4.98 Å². The lowest BCUT2D eigenvalue weighted by atomic mass is 10.1. The molecule has 0 unspecified atom stereocenters. The van der Waals surface area contributed by atoms with Crippen molar-refractivity contribution in [2.75, 3.05) is 36.8 Å². The summed E-state index contributed by atoms with van der Waals surface area (Å²) in [6.07, 6.45) is -4.42. The number of benzene rings is 2. The quantitative estimate of drug-likeness (QED) is 0.393. The largest absolute Gasteiger partial charge is 0.416 e. The molecule has 1 amide bonds. The van der Waals surface area contributed by atoms with Crippen LogP contribution >= 0.6 is 11.8 Å². The first kappa shape index (κ1) is 22.4. The van der Waals surface area contributed by atoms with E-state index < -0.39 is 18.3 Å². The van der Waals surface area contributed by atoms with Crippen LogP contribution in [0.3, 0.4) is 0 Å². The number of fused-ring (bicyclic) bond motifs is 1. The fourth-order valence-corrected chi connectivity index (χ4v) is 4.54. The van der Waals surface area contributed by atoms with Gasteiger partial charge in [0, 0.05) is 31.9 Å². The molecule has 1 fully saturated rings. The summed E-state index contributed by atoms with van der Waals surface area (Å²) in [5.41, 5.74) is 0.461. The van der Waals surface area contributed by atoms with E-state index in [-0.39, 0.29) is 16.8 Å². The summed E-state index contributed by atoms with van der Waals surface area (Å²) >= 11 is 0.947. The Kier molecular flexibility index (Phi) is 6.27. The molecular weight excluding hydrogens is 451 g/mol. The molecule has 1 saturated heterocycles. The van der Waals surface area contributed by atoms with E-state index in [9.17, 15) is 26.7 Å². The lowest BCUT2D eigenvalue weighted by Gasteiger charge is -2.36. The van der Waals surface area contributed by atoms with Crippen LogP contribution in [0.2, 0.25) is 0 Å². The Morgan fingerprint density at radius 1 is 1.03 bits per heavy atom. The van der Waals surface area contributed by atoms with Gasteiger partial charge in [0.1, 0.15) is 0 Å². The van der Waals surface area contributed by atoms with Crippen LogP contribution in [0.5, 0.6) is 0 Å². The van der Waals surface area contributed by atoms with Crippen molar-refractivity contribution in [1.82, 2.24) is 14.5 Å². The number of thioether (sulfide) groups is 1. The fraction of sp³-hybridized carbons (Fsp3) is 0.333. The third kappa shape index (κ3) is 4.67. The van der Waals surface area contributed by atoms with Crippen molar-refractivity contribution >= 4 is 34.4 Å². The minimum Gasteiger partial charge on any atom is -0.368 e. The molecule has 1 aliphatic heterocycles. The minimum atomic E-state index is -4.42. The van der Waals surface area contributed by atoms with Gasteiger partial charge in [-0.3, -0.25) is 9.36 Å². The predicted octanol–water partition coefficient (Wildman–Crippen LogP) is 4.89. The lowest BCUT2D eigenvalue weighted by molar-refractivity contribution is -0.137. The molecule has 11 heteroatoms. The van der Waals surface area contributed by atoms with Crippen molar-refractivity contribution in [3.8, 4) is 0 Å². The molecule has 0 N–H and O–H groups in total. The molecule has 5 nitrogen and oxygen atoms in total. The second-order valence-electron chi connectivity index (χ2n) is 7.24. The molecular formula is C21H19F5N4OS. The molecule has 32 heavy (non-hydrogen) atoms. The predicted molar refractivity (Wildman–Crippen MR) is 112 cm³/mol. The van der Waals surface area contributed by atoms with Crippen molar-refractivity contribution in [3.05, 3.63) is 54.1 Å². The number of alkyl halides is 5. The highest BCUT2D eigenvalue weighted by atomic mass is 32.2. The van der Waals surface area contributed by atoms with E-state index in [4.69, 9.17) is 0 Å². The maximum absolute atomic E-state index is 13.5. The maximum Gasteiger partial charge on any atom is 0.416 e. The number of nitrogens with zero attached hydrogens (tertiary/aromatic N) is 4. The molecule has 0 aliphatic carbocycles. The number of imidazole rings is 1. The van der Waals surface area contributed by atoms with Crippen molar-refractivity contribution in [2.45, 2.75) is 17.9 Å². The van der Waals surface area contributed by atoms with E-state index in [0.29, 0.717) is 42.9 Å². The number of carbonyl (C=O) groups excluding carboxylic acids is 1. The molecule has 2 aromatic carbocycles. The Morgan fingerprint density at radius 2 is 1.75 bits per heavy atom. The molecule has 1 aliphatic rings. The average molecular weight is 470 g/mol. The zero-order valence-corrected chi connectivity index (χ0v) is 17.5. The standard InChI is InChI=1S/C21H19F5N4OS/c22-19(23)30-17-7-2-1-6-16(17)27-20(30)32-13-18(31)29-10-8-28(9-11-29)15-5-3-4-14(12-15)21(24,25)26/h1-7,12,19H,8-11,13H2. The fourth-order valence-electron chi connectivity index (χ4n) is 3.62. The number of aromatic nitrogens is 2. The molecule has 0 radical (unpaired) electrons. The van der Waals surface area contributed by atoms with Crippen LogP contribution in [-0.2, 0) is 11.0 Å². The smallest absolute Gasteiger partial charge is 0.368 e. The average Bonchev–Trinajstić information content (AvgIpc) is 3.16. The summed E-state index contributed by atoms with van der Waals surface area (Å²) in [6, 6.07) is 11.6. The molecule has 0 atom stereocenters. The number of amides is 1. The lowest BCUT2D eigenvalue weighted by Crippen LogP contribution is -2.49. The van der Waals surface area contributed by atoms with Gasteiger partial charge in [0.2, 0.25) is 5.91 Å². The first-order chi connectivity index (χ1) is 15.2. The van der Waals surface area contributed by atoms with Gasteiger partial charge < -0.3 is 9.80 Å². The molecule has 2 heterocycles. The highest BCUT2D eigenvalue weighted by Crippen LogP contribution is 2.32. The second-order valence-corrected chi connectivity index (χ2v) is 8.18. The Morgan fingerprint density at radius 3 is 2.44 bits per heavy atom. The Hall–Kier alpha value is -2.82. The molecule has 4 rings (SSSR count). The molecule has 1 aromatic heterocycles. The summed E-state index contributed by atoms with van der Waals surface area (Å²) < 4.78 is 66.7. The van der Waals surface area contributed by atoms with Crippen LogP contribution in [-0.4, -0.2) is 52.3 Å². The van der Waals surface area contributed by atoms with Crippen LogP contribution in [0.1, 0.15) is 12.1 Å². The highest BCUT2D eigenvalue weighted by molar-refractivity contribution is 7.99. The minimum absolute atomic E-state index is 0.0560. The van der Waals surface area contributed by atoms with Crippen LogP contribution < -0.4 is 4.90 Å². The van der Waals surface area contributed by atoms with E-state index in [1.54, 1.807) is 40.1 Å². The topological polar surface area (TPSA) is 41.4 Å². The monoisotopic (exact) mass is 470 g/mol. The third-order valence-electron chi connectivity index (χ3n) is 5.25. The van der Waals surface area contributed by atoms with E-state index in [1.807, 2.05) is 0 Å². The van der Waals surface area contributed by atoms with E-state index >= 15 is 0 Å². The van der Waals surface area contributed by atoms with Gasteiger partial charge in [0.25, 0.3) is 0 Å². The highest BCUT2D eigenvalue weighted by Gasteiger charge is 2.31. The SMILES string of the molecule is O=C(CSc1nc2ccccc2n1C(F)F)N1CCN(c2cccc(C(F)(F)F)c2)CC1. The van der Waals surface area contributed by atoms with Gasteiger partial charge in [-0.15, -0.1) is 0 Å². The zero-order valence-electron chi connectivity index (χ0n) is 16.7. The van der Waals surface area contributed by atoms with Gasteiger partial charge in [-0.2, -0.15) is 22.0 Å². The van der Waals surface area contributed by atoms with Crippen molar-refractivity contribution in [3.63, 3.8) is 0 Å². The third-order valence-corrected chi connectivity index (χ3v) is 6.19. The van der Waals surface area contributed by atoms with Gasteiger partial charge in [0.05, 0.1) is 22.3 Å². The first-order valence-corrected chi connectivity index (χ1v) is 10.8. The summed E-state index contributed by atoms with van der Waals surface area (Å²) in [7, 11) is 0. The number of hydrogen-bond donors (Lipinski definition) is 0. The van der Waals surface area contributed by atoms with Crippen LogP contribution in [0.25, 0.3) is 11.0 Å². The van der Waals surface area contributed by atoms with Gasteiger partial charge in [0.15, 0.2) is 5.16 Å². The molecule has 0 spiro atoms. The Labute approximate surface area is 184 Å². The summed E-state index contributed by atoms with van der Waals surface area (Å²) in [5.74, 6) is -0.286. The number of halogens is 5. The van der Waals surface area contributed by atoms with Crippen LogP contribution in [0.4, 0.5) is 27.6 Å². The summed E-state index contributed by atoms with van der Waals surface area (Å²) in [4.78, 5) is 20.2. The molecule has 170 valence electrons. The van der Waals surface area contributed by atoms with Gasteiger partial charge in [-0.1, -0.05) is 30.0 Å². The number of para-hydroxylation sites is 2. The number of carbonyl (C=O) groups is 1. The summed E-state index contributed by atoms with van der Waals surface area (Å²) in [5, 5.41) is 0.0668. The Balaban J connectivity index is 1.37. The number of anilines is 1. The molecule has 3 aromatic rings.